The number of carbonyl (C=O) groups excluding carboxylic acids is 1. The summed E-state index contributed by atoms with van der Waals surface area (Å²) in [5.41, 5.74) is 1.28. The Labute approximate surface area is 109 Å². The molecule has 1 aliphatic rings. The number of ether oxygens (including phenoxy) is 1. The van der Waals surface area contributed by atoms with Gasteiger partial charge in [0.25, 0.3) is 6.01 Å². The molecule has 2 aromatic heterocycles. The molecule has 1 saturated heterocycles. The molecule has 0 saturated carbocycles. The number of hydrogen-bond donors (Lipinski definition) is 0. The Morgan fingerprint density at radius 1 is 1.37 bits per heavy atom. The van der Waals surface area contributed by atoms with Gasteiger partial charge in [-0.3, -0.25) is 0 Å². The topological polar surface area (TPSA) is 71.7 Å². The lowest BCUT2D eigenvalue weighted by Gasteiger charge is -2.32. The van der Waals surface area contributed by atoms with Crippen molar-refractivity contribution in [1.82, 2.24) is 14.9 Å². The summed E-state index contributed by atoms with van der Waals surface area (Å²) in [7, 11) is 1.39. The van der Waals surface area contributed by atoms with Crippen LogP contribution >= 0.6 is 0 Å². The number of hydrogen-bond acceptors (Lipinski definition) is 6. The van der Waals surface area contributed by atoms with Crippen LogP contribution in [0.5, 0.6) is 0 Å². The normalized spacial score (nSPS) is 15.8. The maximum absolute atomic E-state index is 11.4. The minimum absolute atomic E-state index is 0.293. The zero-order valence-corrected chi connectivity index (χ0v) is 10.6. The molecule has 0 aliphatic carbocycles. The highest BCUT2D eigenvalue weighted by molar-refractivity contribution is 5.70. The number of rotatable bonds is 1. The molecule has 0 unspecified atom stereocenters. The highest BCUT2D eigenvalue weighted by atomic mass is 16.5. The molecule has 3 rings (SSSR count). The molecule has 0 aromatic carbocycles. The first-order chi connectivity index (χ1) is 9.28. The van der Waals surface area contributed by atoms with Crippen LogP contribution in [0, 0.1) is 0 Å². The van der Waals surface area contributed by atoms with Crippen molar-refractivity contribution in [3.05, 3.63) is 18.3 Å². The van der Waals surface area contributed by atoms with Crippen LogP contribution in [0.1, 0.15) is 0 Å². The molecule has 1 amide bonds. The number of nitrogens with zero attached hydrogens (tertiary/aromatic N) is 4. The molecule has 7 nitrogen and oxygen atoms in total. The molecule has 0 atom stereocenters. The zero-order valence-electron chi connectivity index (χ0n) is 10.6. The van der Waals surface area contributed by atoms with E-state index in [1.54, 1.807) is 11.1 Å². The molecular formula is C12H14N4O3. The standard InChI is InChI=1S/C12H14N4O3/c1-18-12(17)16-7-5-15(6-8-16)11-14-10-9(19-11)3-2-4-13-10/h2-4H,5-8H2,1H3. The fraction of sp³-hybridized carbons (Fsp3) is 0.417. The number of oxazole rings is 1. The number of pyridine rings is 1. The number of amides is 1. The number of fused-ring (bicyclic) bond motifs is 1. The van der Waals surface area contributed by atoms with Gasteiger partial charge in [-0.2, -0.15) is 4.98 Å². The Kier molecular flexibility index (Phi) is 2.94. The lowest BCUT2D eigenvalue weighted by atomic mass is 10.3. The van der Waals surface area contributed by atoms with Crippen molar-refractivity contribution in [2.24, 2.45) is 0 Å². The lowest BCUT2D eigenvalue weighted by Crippen LogP contribution is -2.48. The maximum atomic E-state index is 11.4. The first kappa shape index (κ1) is 11.8. The maximum Gasteiger partial charge on any atom is 0.409 e. The monoisotopic (exact) mass is 262 g/mol. The van der Waals surface area contributed by atoms with E-state index in [4.69, 9.17) is 9.15 Å². The molecule has 0 radical (unpaired) electrons. The van der Waals surface area contributed by atoms with E-state index in [9.17, 15) is 4.79 Å². The smallest absolute Gasteiger partial charge is 0.409 e. The molecule has 19 heavy (non-hydrogen) atoms. The van der Waals surface area contributed by atoms with Gasteiger partial charge in [-0.1, -0.05) is 0 Å². The van der Waals surface area contributed by atoms with E-state index in [-0.39, 0.29) is 6.09 Å². The van der Waals surface area contributed by atoms with Gasteiger partial charge < -0.3 is 19.0 Å². The summed E-state index contributed by atoms with van der Waals surface area (Å²) in [6, 6.07) is 4.20. The summed E-state index contributed by atoms with van der Waals surface area (Å²) in [4.78, 5) is 23.5. The molecule has 0 bridgehead atoms. The third kappa shape index (κ3) is 2.18. The molecule has 2 aromatic rings. The largest absolute Gasteiger partial charge is 0.453 e. The first-order valence-electron chi connectivity index (χ1n) is 6.07. The molecular weight excluding hydrogens is 248 g/mol. The fourth-order valence-electron chi connectivity index (χ4n) is 2.10. The Bertz CT molecular complexity index is 556. The Morgan fingerprint density at radius 2 is 2.16 bits per heavy atom. The minimum atomic E-state index is -0.293. The van der Waals surface area contributed by atoms with Crippen LogP contribution in [0.3, 0.4) is 0 Å². The van der Waals surface area contributed by atoms with Crippen molar-refractivity contribution < 1.29 is 13.9 Å². The van der Waals surface area contributed by atoms with Gasteiger partial charge >= 0.3 is 6.09 Å². The van der Waals surface area contributed by atoms with Crippen LogP contribution in [-0.2, 0) is 4.74 Å². The summed E-state index contributed by atoms with van der Waals surface area (Å²) >= 11 is 0. The quantitative estimate of drug-likeness (QED) is 0.766. The Balaban J connectivity index is 1.72. The summed E-state index contributed by atoms with van der Waals surface area (Å²) < 4.78 is 10.3. The van der Waals surface area contributed by atoms with Crippen LogP contribution in [0.15, 0.2) is 22.7 Å². The molecule has 0 spiro atoms. The SMILES string of the molecule is COC(=O)N1CCN(c2nc3ncccc3o2)CC1. The average molecular weight is 262 g/mol. The van der Waals surface area contributed by atoms with Crippen LogP contribution < -0.4 is 4.90 Å². The summed E-state index contributed by atoms with van der Waals surface area (Å²) in [6.45, 7) is 2.53. The molecule has 0 N–H and O–H groups in total. The highest BCUT2D eigenvalue weighted by Crippen LogP contribution is 2.21. The second-order valence-electron chi connectivity index (χ2n) is 4.27. The second kappa shape index (κ2) is 4.75. The van der Waals surface area contributed by atoms with Gasteiger partial charge in [0.1, 0.15) is 0 Å². The van der Waals surface area contributed by atoms with Crippen molar-refractivity contribution in [2.75, 3.05) is 38.2 Å². The average Bonchev–Trinajstić information content (AvgIpc) is 2.90. The van der Waals surface area contributed by atoms with E-state index in [2.05, 4.69) is 9.97 Å². The van der Waals surface area contributed by atoms with E-state index in [1.807, 2.05) is 17.0 Å². The van der Waals surface area contributed by atoms with Gasteiger partial charge in [0.2, 0.25) is 5.65 Å². The third-order valence-corrected chi connectivity index (χ3v) is 3.14. The predicted octanol–water partition coefficient (Wildman–Crippen LogP) is 1.11. The fourth-order valence-corrected chi connectivity index (χ4v) is 2.10. The predicted molar refractivity (Wildman–Crippen MR) is 68.0 cm³/mol. The minimum Gasteiger partial charge on any atom is -0.453 e. The lowest BCUT2D eigenvalue weighted by molar-refractivity contribution is 0.120. The second-order valence-corrected chi connectivity index (χ2v) is 4.27. The number of piperazine rings is 1. The number of methoxy groups -OCH3 is 1. The Morgan fingerprint density at radius 3 is 2.84 bits per heavy atom. The zero-order chi connectivity index (χ0) is 13.2. The first-order valence-corrected chi connectivity index (χ1v) is 6.07. The number of aromatic nitrogens is 2. The van der Waals surface area contributed by atoms with Crippen LogP contribution in [0.2, 0.25) is 0 Å². The number of anilines is 1. The van der Waals surface area contributed by atoms with Gasteiger partial charge in [-0.25, -0.2) is 9.78 Å². The summed E-state index contributed by atoms with van der Waals surface area (Å²) in [5, 5.41) is 0. The van der Waals surface area contributed by atoms with Crippen LogP contribution in [0.25, 0.3) is 11.2 Å². The molecule has 7 heteroatoms. The van der Waals surface area contributed by atoms with Crippen molar-refractivity contribution in [1.29, 1.82) is 0 Å². The van der Waals surface area contributed by atoms with Crippen molar-refractivity contribution in [3.63, 3.8) is 0 Å². The van der Waals surface area contributed by atoms with E-state index in [0.29, 0.717) is 43.4 Å². The van der Waals surface area contributed by atoms with E-state index < -0.39 is 0 Å². The van der Waals surface area contributed by atoms with Gasteiger partial charge in [0, 0.05) is 32.4 Å². The van der Waals surface area contributed by atoms with Crippen LogP contribution in [-0.4, -0.2) is 54.2 Å². The molecule has 1 aliphatic heterocycles. The van der Waals surface area contributed by atoms with Gasteiger partial charge in [0.05, 0.1) is 7.11 Å². The summed E-state index contributed by atoms with van der Waals surface area (Å²) in [6.07, 6.45) is 1.39. The molecule has 3 heterocycles. The van der Waals surface area contributed by atoms with Gasteiger partial charge in [0.15, 0.2) is 5.58 Å². The van der Waals surface area contributed by atoms with Gasteiger partial charge in [-0.05, 0) is 12.1 Å². The van der Waals surface area contributed by atoms with Crippen molar-refractivity contribution >= 4 is 23.3 Å². The van der Waals surface area contributed by atoms with Gasteiger partial charge in [-0.15, -0.1) is 0 Å². The molecule has 1 fully saturated rings. The van der Waals surface area contributed by atoms with E-state index in [1.165, 1.54) is 7.11 Å². The van der Waals surface area contributed by atoms with E-state index in [0.717, 1.165) is 0 Å². The van der Waals surface area contributed by atoms with E-state index >= 15 is 0 Å². The highest BCUT2D eigenvalue weighted by Gasteiger charge is 2.24. The third-order valence-electron chi connectivity index (χ3n) is 3.14. The van der Waals surface area contributed by atoms with Crippen LogP contribution in [0.4, 0.5) is 10.8 Å². The molecule has 100 valence electrons. The number of carbonyl (C=O) groups is 1. The summed E-state index contributed by atoms with van der Waals surface area (Å²) in [5.74, 6) is 0. The van der Waals surface area contributed by atoms with Crippen molar-refractivity contribution in [3.8, 4) is 0 Å². The van der Waals surface area contributed by atoms with Crippen molar-refractivity contribution in [2.45, 2.75) is 0 Å². The Hall–Kier alpha value is -2.31.